The fourth-order valence-corrected chi connectivity index (χ4v) is 2.04. The summed E-state index contributed by atoms with van der Waals surface area (Å²) in [5.41, 5.74) is 8.11. The van der Waals surface area contributed by atoms with Crippen LogP contribution >= 0.6 is 0 Å². The number of halogens is 1. The molecule has 0 saturated heterocycles. The summed E-state index contributed by atoms with van der Waals surface area (Å²) in [6, 6.07) is 13.7. The molecule has 3 rings (SSSR count). The summed E-state index contributed by atoms with van der Waals surface area (Å²) in [6.45, 7) is 0.452. The monoisotopic (exact) mass is 283 g/mol. The molecule has 0 aliphatic rings. The van der Waals surface area contributed by atoms with E-state index < -0.39 is 0 Å². The standard InChI is InChI=1S/C16H14FN3O/c17-13-6-4-12(5-7-13)16-15(10-19-20-16)21-14-3-1-2-11(8-14)9-18/h1-8,10H,9,18H2,(H,19,20). The van der Waals surface area contributed by atoms with E-state index >= 15 is 0 Å². The first-order valence-electron chi connectivity index (χ1n) is 6.52. The lowest BCUT2D eigenvalue weighted by Gasteiger charge is -2.07. The number of nitrogens with one attached hydrogen (secondary N) is 1. The van der Waals surface area contributed by atoms with E-state index in [-0.39, 0.29) is 5.82 Å². The van der Waals surface area contributed by atoms with Crippen LogP contribution in [0.15, 0.2) is 54.7 Å². The van der Waals surface area contributed by atoms with Gasteiger partial charge < -0.3 is 10.5 Å². The first-order chi connectivity index (χ1) is 10.3. The van der Waals surface area contributed by atoms with Crippen LogP contribution in [0.5, 0.6) is 11.5 Å². The lowest BCUT2D eigenvalue weighted by atomic mass is 10.1. The van der Waals surface area contributed by atoms with E-state index in [1.54, 1.807) is 18.3 Å². The van der Waals surface area contributed by atoms with Crippen molar-refractivity contribution in [2.24, 2.45) is 5.73 Å². The largest absolute Gasteiger partial charge is 0.453 e. The van der Waals surface area contributed by atoms with Gasteiger partial charge in [0.2, 0.25) is 0 Å². The Labute approximate surface area is 121 Å². The van der Waals surface area contributed by atoms with Gasteiger partial charge in [0.15, 0.2) is 5.75 Å². The highest BCUT2D eigenvalue weighted by atomic mass is 19.1. The molecule has 0 aliphatic carbocycles. The number of H-pyrrole nitrogens is 1. The summed E-state index contributed by atoms with van der Waals surface area (Å²) in [7, 11) is 0. The van der Waals surface area contributed by atoms with Crippen LogP contribution in [-0.4, -0.2) is 10.2 Å². The number of nitrogens with two attached hydrogens (primary N) is 1. The van der Waals surface area contributed by atoms with Gasteiger partial charge in [-0.3, -0.25) is 5.10 Å². The average Bonchev–Trinajstić information content (AvgIpc) is 2.96. The van der Waals surface area contributed by atoms with E-state index in [2.05, 4.69) is 10.2 Å². The Morgan fingerprint density at radius 1 is 1.14 bits per heavy atom. The highest BCUT2D eigenvalue weighted by Crippen LogP contribution is 2.31. The molecule has 0 radical (unpaired) electrons. The number of benzene rings is 2. The minimum absolute atomic E-state index is 0.281. The van der Waals surface area contributed by atoms with Crippen molar-refractivity contribution in [3.63, 3.8) is 0 Å². The zero-order valence-electron chi connectivity index (χ0n) is 11.2. The number of nitrogens with zero attached hydrogens (tertiary/aromatic N) is 1. The molecule has 0 amide bonds. The van der Waals surface area contributed by atoms with Gasteiger partial charge in [0.05, 0.1) is 6.20 Å². The molecule has 0 fully saturated rings. The summed E-state index contributed by atoms with van der Waals surface area (Å²) in [5.74, 6) is 0.981. The van der Waals surface area contributed by atoms with Crippen molar-refractivity contribution in [1.29, 1.82) is 0 Å². The summed E-state index contributed by atoms with van der Waals surface area (Å²) >= 11 is 0. The number of rotatable bonds is 4. The first kappa shape index (κ1) is 13.3. The summed E-state index contributed by atoms with van der Waals surface area (Å²) in [4.78, 5) is 0. The molecule has 21 heavy (non-hydrogen) atoms. The minimum atomic E-state index is -0.281. The molecule has 1 heterocycles. The summed E-state index contributed by atoms with van der Waals surface area (Å²) in [5, 5.41) is 6.86. The quantitative estimate of drug-likeness (QED) is 0.770. The molecule has 0 bridgehead atoms. The van der Waals surface area contributed by atoms with Gasteiger partial charge in [-0.05, 0) is 42.0 Å². The molecular weight excluding hydrogens is 269 g/mol. The number of aromatic nitrogens is 2. The van der Waals surface area contributed by atoms with E-state index in [9.17, 15) is 4.39 Å². The van der Waals surface area contributed by atoms with E-state index in [1.807, 2.05) is 24.3 Å². The maximum atomic E-state index is 13.0. The fraction of sp³-hybridized carbons (Fsp3) is 0.0625. The number of ether oxygens (including phenoxy) is 1. The highest BCUT2D eigenvalue weighted by molar-refractivity contribution is 5.66. The molecular formula is C16H14FN3O. The maximum absolute atomic E-state index is 13.0. The second kappa shape index (κ2) is 5.76. The van der Waals surface area contributed by atoms with Crippen LogP contribution < -0.4 is 10.5 Å². The topological polar surface area (TPSA) is 63.9 Å². The van der Waals surface area contributed by atoms with Gasteiger partial charge in [-0.15, -0.1) is 0 Å². The molecule has 0 atom stereocenters. The molecule has 5 heteroatoms. The molecule has 106 valence electrons. The maximum Gasteiger partial charge on any atom is 0.172 e. The molecule has 3 N–H and O–H groups in total. The van der Waals surface area contributed by atoms with Gasteiger partial charge in [-0.2, -0.15) is 5.10 Å². The van der Waals surface area contributed by atoms with Crippen LogP contribution in [0.2, 0.25) is 0 Å². The predicted molar refractivity (Wildman–Crippen MR) is 78.4 cm³/mol. The smallest absolute Gasteiger partial charge is 0.172 e. The third kappa shape index (κ3) is 2.93. The van der Waals surface area contributed by atoms with Crippen LogP contribution in [0, 0.1) is 5.82 Å². The van der Waals surface area contributed by atoms with E-state index in [0.717, 1.165) is 11.1 Å². The Morgan fingerprint density at radius 3 is 2.71 bits per heavy atom. The summed E-state index contributed by atoms with van der Waals surface area (Å²) < 4.78 is 18.8. The van der Waals surface area contributed by atoms with E-state index in [0.29, 0.717) is 23.7 Å². The number of hydrogen-bond acceptors (Lipinski definition) is 3. The van der Waals surface area contributed by atoms with Crippen molar-refractivity contribution in [1.82, 2.24) is 10.2 Å². The highest BCUT2D eigenvalue weighted by Gasteiger charge is 2.10. The number of aromatic amines is 1. The van der Waals surface area contributed by atoms with Crippen LogP contribution in [0.4, 0.5) is 4.39 Å². The molecule has 0 saturated carbocycles. The van der Waals surface area contributed by atoms with Crippen LogP contribution in [-0.2, 0) is 6.54 Å². The molecule has 4 nitrogen and oxygen atoms in total. The van der Waals surface area contributed by atoms with Gasteiger partial charge in [-0.1, -0.05) is 12.1 Å². The second-order valence-corrected chi connectivity index (χ2v) is 4.57. The van der Waals surface area contributed by atoms with Crippen LogP contribution in [0.1, 0.15) is 5.56 Å². The number of hydrogen-bond donors (Lipinski definition) is 2. The Hall–Kier alpha value is -2.66. The summed E-state index contributed by atoms with van der Waals surface area (Å²) in [6.07, 6.45) is 1.59. The Morgan fingerprint density at radius 2 is 1.95 bits per heavy atom. The zero-order chi connectivity index (χ0) is 14.7. The van der Waals surface area contributed by atoms with Gasteiger partial charge >= 0.3 is 0 Å². The fourth-order valence-electron chi connectivity index (χ4n) is 2.04. The molecule has 1 aromatic heterocycles. The Bertz CT molecular complexity index is 737. The van der Waals surface area contributed by atoms with Crippen molar-refractivity contribution >= 4 is 0 Å². The molecule has 0 unspecified atom stereocenters. The molecule has 0 spiro atoms. The van der Waals surface area contributed by atoms with Gasteiger partial charge in [0.1, 0.15) is 17.3 Å². The molecule has 3 aromatic rings. The van der Waals surface area contributed by atoms with Gasteiger partial charge in [0.25, 0.3) is 0 Å². The Kier molecular flexibility index (Phi) is 3.66. The predicted octanol–water partition coefficient (Wildman–Crippen LogP) is 3.47. The lowest BCUT2D eigenvalue weighted by molar-refractivity contribution is 0.484. The third-order valence-electron chi connectivity index (χ3n) is 3.10. The van der Waals surface area contributed by atoms with Crippen molar-refractivity contribution < 1.29 is 9.13 Å². The van der Waals surface area contributed by atoms with Crippen molar-refractivity contribution in [2.75, 3.05) is 0 Å². The average molecular weight is 283 g/mol. The normalized spacial score (nSPS) is 10.6. The molecule has 0 aliphatic heterocycles. The SMILES string of the molecule is NCc1cccc(Oc2cn[nH]c2-c2ccc(F)cc2)c1. The third-order valence-corrected chi connectivity index (χ3v) is 3.10. The molecule has 2 aromatic carbocycles. The van der Waals surface area contributed by atoms with Crippen LogP contribution in [0.25, 0.3) is 11.3 Å². The lowest BCUT2D eigenvalue weighted by Crippen LogP contribution is -1.96. The van der Waals surface area contributed by atoms with Crippen molar-refractivity contribution in [2.45, 2.75) is 6.54 Å². The van der Waals surface area contributed by atoms with E-state index in [4.69, 9.17) is 10.5 Å². The Balaban J connectivity index is 1.90. The van der Waals surface area contributed by atoms with E-state index in [1.165, 1.54) is 12.1 Å². The first-order valence-corrected chi connectivity index (χ1v) is 6.52. The zero-order valence-corrected chi connectivity index (χ0v) is 11.2. The van der Waals surface area contributed by atoms with Crippen LogP contribution in [0.3, 0.4) is 0 Å². The second-order valence-electron chi connectivity index (χ2n) is 4.57. The van der Waals surface area contributed by atoms with Crippen molar-refractivity contribution in [3.8, 4) is 22.8 Å². The minimum Gasteiger partial charge on any atom is -0.453 e. The van der Waals surface area contributed by atoms with Crippen molar-refractivity contribution in [3.05, 3.63) is 66.1 Å². The van der Waals surface area contributed by atoms with Gasteiger partial charge in [0, 0.05) is 12.1 Å². The van der Waals surface area contributed by atoms with Gasteiger partial charge in [-0.25, -0.2) is 4.39 Å².